The van der Waals surface area contributed by atoms with E-state index in [0.29, 0.717) is 0 Å². The van der Waals surface area contributed by atoms with Crippen LogP contribution in [0.1, 0.15) is 34.4 Å². The Kier molecular flexibility index (Phi) is 5.35. The first-order chi connectivity index (χ1) is 13.4. The lowest BCUT2D eigenvalue weighted by molar-refractivity contribution is 1.03. The predicted molar refractivity (Wildman–Crippen MR) is 112 cm³/mol. The predicted octanol–water partition coefficient (Wildman–Crippen LogP) is 5.53. The molecule has 0 saturated heterocycles. The van der Waals surface area contributed by atoms with Crippen molar-refractivity contribution < 1.29 is 0 Å². The van der Waals surface area contributed by atoms with E-state index in [4.69, 9.17) is 0 Å². The zero-order chi connectivity index (χ0) is 18.3. The maximum Gasteiger partial charge on any atom is 0.0516 e. The Hall–Kier alpha value is -3.26. The largest absolute Gasteiger partial charge is 0.261 e. The van der Waals surface area contributed by atoms with Gasteiger partial charge in [0.15, 0.2) is 0 Å². The third-order valence-electron chi connectivity index (χ3n) is 4.80. The first kappa shape index (κ1) is 17.2. The summed E-state index contributed by atoms with van der Waals surface area (Å²) in [5, 5.41) is 0. The van der Waals surface area contributed by atoms with Crippen LogP contribution in [-0.2, 0) is 12.8 Å². The van der Waals surface area contributed by atoms with E-state index in [-0.39, 0.29) is 0 Å². The minimum atomic E-state index is 0.853. The summed E-state index contributed by atoms with van der Waals surface area (Å²) in [4.78, 5) is 9.14. The lowest BCUT2D eigenvalue weighted by Gasteiger charge is -2.14. The molecule has 1 aromatic heterocycles. The molecule has 0 spiro atoms. The molecule has 1 aliphatic heterocycles. The molecule has 2 nitrogen and oxygen atoms in total. The lowest BCUT2D eigenvalue weighted by atomic mass is 9.92. The molecule has 4 rings (SSSR count). The van der Waals surface area contributed by atoms with Gasteiger partial charge in [-0.1, -0.05) is 66.7 Å². The van der Waals surface area contributed by atoms with Crippen LogP contribution < -0.4 is 0 Å². The van der Waals surface area contributed by atoms with E-state index in [1.54, 1.807) is 0 Å². The van der Waals surface area contributed by atoms with Gasteiger partial charge in [-0.05, 0) is 46.9 Å². The molecule has 0 bridgehead atoms. The van der Waals surface area contributed by atoms with Gasteiger partial charge in [0, 0.05) is 30.9 Å². The van der Waals surface area contributed by atoms with E-state index in [2.05, 4.69) is 76.7 Å². The van der Waals surface area contributed by atoms with E-state index in [1.165, 1.54) is 22.3 Å². The van der Waals surface area contributed by atoms with Crippen molar-refractivity contribution in [2.75, 3.05) is 0 Å². The molecule has 132 valence electrons. The summed E-state index contributed by atoms with van der Waals surface area (Å²) in [5.41, 5.74) is 7.44. The topological polar surface area (TPSA) is 25.2 Å². The molecule has 2 heteroatoms. The lowest BCUT2D eigenvalue weighted by Crippen LogP contribution is -2.06. The minimum Gasteiger partial charge on any atom is -0.261 e. The molecule has 0 amide bonds. The van der Waals surface area contributed by atoms with Crippen molar-refractivity contribution >= 4 is 5.71 Å². The second-order valence-corrected chi connectivity index (χ2v) is 6.65. The molecule has 0 N–H and O–H groups in total. The van der Waals surface area contributed by atoms with E-state index in [9.17, 15) is 0 Å². The summed E-state index contributed by atoms with van der Waals surface area (Å²) in [6.45, 7) is 0. The summed E-state index contributed by atoms with van der Waals surface area (Å²) in [6, 6.07) is 23.4. The number of hydrogen-bond acceptors (Lipinski definition) is 2. The second-order valence-electron chi connectivity index (χ2n) is 6.65. The zero-order valence-electron chi connectivity index (χ0n) is 15.3. The van der Waals surface area contributed by atoms with Gasteiger partial charge >= 0.3 is 0 Å². The Morgan fingerprint density at radius 2 is 1.44 bits per heavy atom. The zero-order valence-corrected chi connectivity index (χ0v) is 15.3. The van der Waals surface area contributed by atoms with Gasteiger partial charge in [-0.3, -0.25) is 9.98 Å². The highest BCUT2D eigenvalue weighted by molar-refractivity contribution is 6.03. The Morgan fingerprint density at radius 3 is 2.26 bits per heavy atom. The molecule has 0 atom stereocenters. The summed E-state index contributed by atoms with van der Waals surface area (Å²) >= 11 is 0. The molecular formula is C25H22N2. The van der Waals surface area contributed by atoms with E-state index >= 15 is 0 Å². The Bertz CT molecular complexity index is 998. The number of aliphatic imine (C=N–C) groups is 1. The highest BCUT2D eigenvalue weighted by atomic mass is 14.7. The van der Waals surface area contributed by atoms with Crippen molar-refractivity contribution in [3.05, 3.63) is 125 Å². The molecule has 0 saturated carbocycles. The number of benzene rings is 2. The van der Waals surface area contributed by atoms with Crippen LogP contribution in [0.4, 0.5) is 0 Å². The molecule has 2 aromatic carbocycles. The first-order valence-corrected chi connectivity index (χ1v) is 9.33. The van der Waals surface area contributed by atoms with Crippen molar-refractivity contribution in [2.24, 2.45) is 4.99 Å². The SMILES string of the molecule is C1=CCC(c2ccccc2Cc2ccccc2Cc2ccccn2)=NC=C1. The molecule has 0 radical (unpaired) electrons. The van der Waals surface area contributed by atoms with E-state index < -0.39 is 0 Å². The normalized spacial score (nSPS) is 13.3. The molecule has 2 heterocycles. The summed E-state index contributed by atoms with van der Waals surface area (Å²) in [6.07, 6.45) is 12.5. The second kappa shape index (κ2) is 8.41. The first-order valence-electron chi connectivity index (χ1n) is 9.33. The molecular weight excluding hydrogens is 328 g/mol. The third kappa shape index (κ3) is 4.29. The summed E-state index contributed by atoms with van der Waals surface area (Å²) in [5.74, 6) is 0. The molecule has 0 aliphatic carbocycles. The Morgan fingerprint density at radius 1 is 0.704 bits per heavy atom. The highest BCUT2D eigenvalue weighted by Gasteiger charge is 2.11. The standard InChI is InChI=1S/C25H22N2/c1-2-15-25(27-17-8-1)24-14-6-5-12-22(24)18-20-10-3-4-11-21(20)19-23-13-7-9-16-26-23/h1-14,16-17H,15,18-19H2. The van der Waals surface area contributed by atoms with Crippen molar-refractivity contribution in [1.82, 2.24) is 4.98 Å². The highest BCUT2D eigenvalue weighted by Crippen LogP contribution is 2.21. The van der Waals surface area contributed by atoms with Crippen molar-refractivity contribution in [1.29, 1.82) is 0 Å². The Labute approximate surface area is 160 Å². The molecule has 27 heavy (non-hydrogen) atoms. The van der Waals surface area contributed by atoms with Gasteiger partial charge in [-0.2, -0.15) is 0 Å². The van der Waals surface area contributed by atoms with Gasteiger partial charge in [0.05, 0.1) is 5.71 Å². The number of pyridine rings is 1. The minimum absolute atomic E-state index is 0.853. The quantitative estimate of drug-likeness (QED) is 0.594. The maximum absolute atomic E-state index is 4.65. The average Bonchev–Trinajstić information content (AvgIpc) is 3.00. The van der Waals surface area contributed by atoms with Crippen LogP contribution in [0, 0.1) is 0 Å². The van der Waals surface area contributed by atoms with Crippen LogP contribution in [0.15, 0.2) is 102 Å². The summed E-state index contributed by atoms with van der Waals surface area (Å²) < 4.78 is 0. The van der Waals surface area contributed by atoms with Crippen LogP contribution >= 0.6 is 0 Å². The fraction of sp³-hybridized carbons (Fsp3) is 0.120. The van der Waals surface area contributed by atoms with Gasteiger partial charge in [0.25, 0.3) is 0 Å². The van der Waals surface area contributed by atoms with Crippen LogP contribution in [0.25, 0.3) is 0 Å². The van der Waals surface area contributed by atoms with E-state index in [0.717, 1.165) is 30.7 Å². The summed E-state index contributed by atoms with van der Waals surface area (Å²) in [7, 11) is 0. The van der Waals surface area contributed by atoms with E-state index in [1.807, 2.05) is 30.6 Å². The number of aromatic nitrogens is 1. The van der Waals surface area contributed by atoms with Gasteiger partial charge in [0.1, 0.15) is 0 Å². The van der Waals surface area contributed by atoms with Crippen molar-refractivity contribution in [3.8, 4) is 0 Å². The molecule has 1 aliphatic rings. The molecule has 3 aromatic rings. The van der Waals surface area contributed by atoms with Gasteiger partial charge in [-0.25, -0.2) is 0 Å². The molecule has 0 fully saturated rings. The van der Waals surface area contributed by atoms with Crippen LogP contribution in [-0.4, -0.2) is 10.7 Å². The van der Waals surface area contributed by atoms with Gasteiger partial charge in [0.2, 0.25) is 0 Å². The van der Waals surface area contributed by atoms with Crippen molar-refractivity contribution in [2.45, 2.75) is 19.3 Å². The average molecular weight is 350 g/mol. The smallest absolute Gasteiger partial charge is 0.0516 e. The maximum atomic E-state index is 4.65. The van der Waals surface area contributed by atoms with Gasteiger partial charge in [-0.15, -0.1) is 0 Å². The number of rotatable bonds is 5. The van der Waals surface area contributed by atoms with Crippen molar-refractivity contribution in [3.63, 3.8) is 0 Å². The number of allylic oxidation sites excluding steroid dienone is 3. The monoisotopic (exact) mass is 350 g/mol. The fourth-order valence-electron chi connectivity index (χ4n) is 3.43. The third-order valence-corrected chi connectivity index (χ3v) is 4.80. The fourth-order valence-corrected chi connectivity index (χ4v) is 3.43. The molecule has 0 unspecified atom stereocenters. The Balaban J connectivity index is 1.65. The number of nitrogens with zero attached hydrogens (tertiary/aromatic N) is 2. The van der Waals surface area contributed by atoms with Gasteiger partial charge < -0.3 is 0 Å². The van der Waals surface area contributed by atoms with Crippen LogP contribution in [0.3, 0.4) is 0 Å². The van der Waals surface area contributed by atoms with Crippen LogP contribution in [0.2, 0.25) is 0 Å². The van der Waals surface area contributed by atoms with Crippen LogP contribution in [0.5, 0.6) is 0 Å². The number of hydrogen-bond donors (Lipinski definition) is 0.